The standard InChI is InChI=1S/C15H26N2O5/c1-10(15(21)22)17(9-8-16-11(2)18)14(20)13(19)12-6-4-3-5-7-12/h10,12-13,19H,3-9H2,1-2H3,(H,16,18)(H,21,22). The van der Waals surface area contributed by atoms with Crippen LogP contribution in [0.5, 0.6) is 0 Å². The lowest BCUT2D eigenvalue weighted by molar-refractivity contribution is -0.155. The number of aliphatic hydroxyl groups is 1. The third kappa shape index (κ3) is 5.29. The predicted molar refractivity (Wildman–Crippen MR) is 80.1 cm³/mol. The minimum absolute atomic E-state index is 0.0651. The van der Waals surface area contributed by atoms with Crippen LogP contribution in [-0.4, -0.2) is 58.1 Å². The first-order valence-electron chi connectivity index (χ1n) is 7.80. The summed E-state index contributed by atoms with van der Waals surface area (Å²) in [4.78, 5) is 35.7. The molecule has 0 radical (unpaired) electrons. The first-order valence-corrected chi connectivity index (χ1v) is 7.80. The molecule has 126 valence electrons. The van der Waals surface area contributed by atoms with E-state index >= 15 is 0 Å². The fourth-order valence-corrected chi connectivity index (χ4v) is 2.80. The first kappa shape index (κ1) is 18.4. The van der Waals surface area contributed by atoms with Crippen LogP contribution in [0.4, 0.5) is 0 Å². The molecule has 22 heavy (non-hydrogen) atoms. The molecular formula is C15H26N2O5. The molecule has 1 rings (SSSR count). The molecule has 0 aromatic carbocycles. The molecule has 1 fully saturated rings. The minimum Gasteiger partial charge on any atom is -0.480 e. The number of carbonyl (C=O) groups is 3. The summed E-state index contributed by atoms with van der Waals surface area (Å²) in [5.74, 6) is -2.05. The van der Waals surface area contributed by atoms with Crippen LogP contribution in [0.15, 0.2) is 0 Å². The molecule has 2 atom stereocenters. The fourth-order valence-electron chi connectivity index (χ4n) is 2.80. The number of carbonyl (C=O) groups excluding carboxylic acids is 2. The van der Waals surface area contributed by atoms with Crippen molar-refractivity contribution in [2.45, 2.75) is 58.1 Å². The Morgan fingerprint density at radius 2 is 1.82 bits per heavy atom. The van der Waals surface area contributed by atoms with Crippen molar-refractivity contribution < 1.29 is 24.6 Å². The minimum atomic E-state index is -1.17. The molecule has 0 aromatic heterocycles. The Labute approximate surface area is 130 Å². The van der Waals surface area contributed by atoms with E-state index < -0.39 is 24.0 Å². The van der Waals surface area contributed by atoms with Gasteiger partial charge in [-0.15, -0.1) is 0 Å². The van der Waals surface area contributed by atoms with Crippen molar-refractivity contribution in [3.8, 4) is 0 Å². The van der Waals surface area contributed by atoms with Gasteiger partial charge in [0.2, 0.25) is 5.91 Å². The Balaban J connectivity index is 2.72. The third-order valence-corrected chi connectivity index (χ3v) is 4.18. The zero-order valence-electron chi connectivity index (χ0n) is 13.2. The van der Waals surface area contributed by atoms with E-state index in [4.69, 9.17) is 5.11 Å². The number of rotatable bonds is 7. The molecule has 0 saturated heterocycles. The zero-order valence-corrected chi connectivity index (χ0v) is 13.2. The maximum Gasteiger partial charge on any atom is 0.326 e. The van der Waals surface area contributed by atoms with E-state index in [2.05, 4.69) is 5.32 Å². The van der Waals surface area contributed by atoms with Crippen LogP contribution in [0.3, 0.4) is 0 Å². The second-order valence-electron chi connectivity index (χ2n) is 5.87. The Morgan fingerprint density at radius 3 is 2.32 bits per heavy atom. The van der Waals surface area contributed by atoms with Gasteiger partial charge in [-0.1, -0.05) is 19.3 Å². The summed E-state index contributed by atoms with van der Waals surface area (Å²) in [5.41, 5.74) is 0. The highest BCUT2D eigenvalue weighted by Gasteiger charge is 2.34. The number of carboxylic acid groups (broad SMARTS) is 1. The van der Waals surface area contributed by atoms with Crippen LogP contribution < -0.4 is 5.32 Å². The molecule has 1 aliphatic rings. The number of hydrogen-bond donors (Lipinski definition) is 3. The van der Waals surface area contributed by atoms with Gasteiger partial charge in [-0.2, -0.15) is 0 Å². The van der Waals surface area contributed by atoms with Crippen molar-refractivity contribution >= 4 is 17.8 Å². The molecule has 0 aliphatic heterocycles. The molecule has 0 spiro atoms. The van der Waals surface area contributed by atoms with Gasteiger partial charge in [-0.3, -0.25) is 9.59 Å². The summed E-state index contributed by atoms with van der Waals surface area (Å²) in [6, 6.07) is -1.04. The van der Waals surface area contributed by atoms with Gasteiger partial charge in [0.05, 0.1) is 0 Å². The molecule has 2 amide bonds. The van der Waals surface area contributed by atoms with Gasteiger partial charge in [0.1, 0.15) is 12.1 Å². The predicted octanol–water partition coefficient (Wildman–Crippen LogP) is 0.365. The maximum atomic E-state index is 12.5. The number of hydrogen-bond acceptors (Lipinski definition) is 4. The quantitative estimate of drug-likeness (QED) is 0.629. The van der Waals surface area contributed by atoms with E-state index in [1.807, 2.05) is 0 Å². The molecule has 3 N–H and O–H groups in total. The Bertz CT molecular complexity index is 407. The monoisotopic (exact) mass is 314 g/mol. The molecule has 0 bridgehead atoms. The number of aliphatic carboxylic acids is 1. The zero-order chi connectivity index (χ0) is 16.7. The summed E-state index contributed by atoms with van der Waals surface area (Å²) >= 11 is 0. The van der Waals surface area contributed by atoms with E-state index in [-0.39, 0.29) is 24.9 Å². The van der Waals surface area contributed by atoms with Crippen LogP contribution in [0, 0.1) is 5.92 Å². The summed E-state index contributed by atoms with van der Waals surface area (Å²) < 4.78 is 0. The summed E-state index contributed by atoms with van der Waals surface area (Å²) in [6.45, 7) is 2.98. The van der Waals surface area contributed by atoms with E-state index in [1.165, 1.54) is 13.8 Å². The molecule has 1 saturated carbocycles. The molecule has 0 aromatic rings. The Kier molecular flexibility index (Phi) is 7.31. The topological polar surface area (TPSA) is 107 Å². The lowest BCUT2D eigenvalue weighted by Gasteiger charge is -2.32. The van der Waals surface area contributed by atoms with E-state index in [0.29, 0.717) is 0 Å². The smallest absolute Gasteiger partial charge is 0.326 e. The van der Waals surface area contributed by atoms with Crippen LogP contribution in [0.1, 0.15) is 46.0 Å². The van der Waals surface area contributed by atoms with Crippen molar-refractivity contribution in [2.75, 3.05) is 13.1 Å². The van der Waals surface area contributed by atoms with Crippen molar-refractivity contribution in [3.05, 3.63) is 0 Å². The van der Waals surface area contributed by atoms with E-state index in [1.54, 1.807) is 0 Å². The SMILES string of the molecule is CC(=O)NCCN(C(=O)C(O)C1CCCCC1)C(C)C(=O)O. The summed E-state index contributed by atoms with van der Waals surface area (Å²) in [6.07, 6.45) is 3.47. The van der Waals surface area contributed by atoms with Gasteiger partial charge in [-0.25, -0.2) is 4.79 Å². The lowest BCUT2D eigenvalue weighted by Crippen LogP contribution is -2.52. The van der Waals surface area contributed by atoms with Gasteiger partial charge in [0, 0.05) is 20.0 Å². The van der Waals surface area contributed by atoms with E-state index in [9.17, 15) is 19.5 Å². The van der Waals surface area contributed by atoms with Gasteiger partial charge in [-0.05, 0) is 25.7 Å². The van der Waals surface area contributed by atoms with Crippen LogP contribution >= 0.6 is 0 Å². The number of nitrogens with one attached hydrogen (secondary N) is 1. The molecule has 2 unspecified atom stereocenters. The molecule has 7 heteroatoms. The third-order valence-electron chi connectivity index (χ3n) is 4.18. The number of aliphatic hydroxyl groups excluding tert-OH is 1. The number of amides is 2. The van der Waals surface area contributed by atoms with Gasteiger partial charge in [0.25, 0.3) is 5.91 Å². The van der Waals surface area contributed by atoms with Crippen LogP contribution in [-0.2, 0) is 14.4 Å². The largest absolute Gasteiger partial charge is 0.480 e. The Morgan fingerprint density at radius 1 is 1.23 bits per heavy atom. The summed E-state index contributed by atoms with van der Waals surface area (Å²) in [5, 5.41) is 22.0. The lowest BCUT2D eigenvalue weighted by atomic mass is 9.84. The first-order chi connectivity index (χ1) is 10.3. The average molecular weight is 314 g/mol. The van der Waals surface area contributed by atoms with Crippen molar-refractivity contribution in [1.29, 1.82) is 0 Å². The fraction of sp³-hybridized carbons (Fsp3) is 0.800. The van der Waals surface area contributed by atoms with Crippen molar-refractivity contribution in [1.82, 2.24) is 10.2 Å². The van der Waals surface area contributed by atoms with E-state index in [0.717, 1.165) is 37.0 Å². The van der Waals surface area contributed by atoms with Gasteiger partial charge >= 0.3 is 5.97 Å². The normalized spacial score (nSPS) is 18.3. The number of nitrogens with zero attached hydrogens (tertiary/aromatic N) is 1. The molecule has 1 aliphatic carbocycles. The van der Waals surface area contributed by atoms with Gasteiger partial charge < -0.3 is 20.4 Å². The van der Waals surface area contributed by atoms with Crippen LogP contribution in [0.2, 0.25) is 0 Å². The second kappa shape index (κ2) is 8.73. The summed E-state index contributed by atoms with van der Waals surface area (Å²) in [7, 11) is 0. The highest BCUT2D eigenvalue weighted by atomic mass is 16.4. The molecule has 0 heterocycles. The maximum absolute atomic E-state index is 12.5. The van der Waals surface area contributed by atoms with Crippen molar-refractivity contribution in [2.24, 2.45) is 5.92 Å². The van der Waals surface area contributed by atoms with Crippen LogP contribution in [0.25, 0.3) is 0 Å². The molecule has 7 nitrogen and oxygen atoms in total. The highest BCUT2D eigenvalue weighted by molar-refractivity contribution is 5.86. The Hall–Kier alpha value is -1.63. The average Bonchev–Trinajstić information content (AvgIpc) is 2.50. The number of carboxylic acids is 1. The molecular weight excluding hydrogens is 288 g/mol. The van der Waals surface area contributed by atoms with Gasteiger partial charge in [0.15, 0.2) is 0 Å². The second-order valence-corrected chi connectivity index (χ2v) is 5.87. The highest BCUT2D eigenvalue weighted by Crippen LogP contribution is 2.27. The van der Waals surface area contributed by atoms with Crippen molar-refractivity contribution in [3.63, 3.8) is 0 Å².